The third kappa shape index (κ3) is 6.09. The Bertz CT molecular complexity index is 3580. The molecule has 0 aliphatic heterocycles. The van der Waals surface area contributed by atoms with E-state index in [-0.39, 0.29) is 5.41 Å². The highest BCUT2D eigenvalue weighted by Crippen LogP contribution is 2.52. The summed E-state index contributed by atoms with van der Waals surface area (Å²) in [5.74, 6) is 0.703. The van der Waals surface area contributed by atoms with Gasteiger partial charge in [0.25, 0.3) is 0 Å². The maximum Gasteiger partial charge on any atom is 0.161 e. The second-order valence-corrected chi connectivity index (χ2v) is 17.3. The van der Waals surface area contributed by atoms with E-state index in [0.717, 1.165) is 39.0 Å². The standard InChI is InChI=1S/C61H42N2/c1-61(2)56-37-43(29-30-53(56)54-31-28-40-18-9-10-23-46(40)59(54)61)45-32-33-51(48-25-12-11-24-47(45)48)52-34-35-55(50-27-14-13-26-49(50)52)60-62-57(41-19-7-4-8-20-41)38-58(63-60)44-22-15-21-42(36-44)39-16-5-3-6-17-39/h3-38H,1-2H3. The molecule has 0 unspecified atom stereocenters. The van der Waals surface area contributed by atoms with Gasteiger partial charge in [0.15, 0.2) is 5.82 Å². The zero-order valence-electron chi connectivity index (χ0n) is 35.2. The molecule has 2 heteroatoms. The number of benzene rings is 10. The van der Waals surface area contributed by atoms with Crippen LogP contribution in [0.2, 0.25) is 0 Å². The molecule has 1 heterocycles. The van der Waals surface area contributed by atoms with Crippen LogP contribution in [0.25, 0.3) is 111 Å². The highest BCUT2D eigenvalue weighted by atomic mass is 14.9. The summed E-state index contributed by atoms with van der Waals surface area (Å²) >= 11 is 0. The van der Waals surface area contributed by atoms with E-state index < -0.39 is 0 Å². The van der Waals surface area contributed by atoms with Crippen molar-refractivity contribution in [2.45, 2.75) is 19.3 Å². The van der Waals surface area contributed by atoms with Crippen molar-refractivity contribution < 1.29 is 0 Å². The first-order valence-electron chi connectivity index (χ1n) is 21.8. The fourth-order valence-electron chi connectivity index (χ4n) is 10.2. The minimum Gasteiger partial charge on any atom is -0.228 e. The van der Waals surface area contributed by atoms with E-state index in [1.165, 1.54) is 77.0 Å². The third-order valence-corrected chi connectivity index (χ3v) is 13.3. The van der Waals surface area contributed by atoms with Crippen LogP contribution in [-0.2, 0) is 5.41 Å². The molecule has 0 N–H and O–H groups in total. The molecule has 10 aromatic carbocycles. The molecule has 11 aromatic rings. The van der Waals surface area contributed by atoms with Crippen molar-refractivity contribution in [2.24, 2.45) is 0 Å². The summed E-state index contributed by atoms with van der Waals surface area (Å²) in [5, 5.41) is 7.38. The summed E-state index contributed by atoms with van der Waals surface area (Å²) in [6.45, 7) is 4.77. The van der Waals surface area contributed by atoms with Crippen LogP contribution < -0.4 is 0 Å². The maximum absolute atomic E-state index is 5.33. The molecule has 0 bridgehead atoms. The van der Waals surface area contributed by atoms with Crippen LogP contribution in [0, 0.1) is 0 Å². The highest BCUT2D eigenvalue weighted by molar-refractivity contribution is 6.12. The van der Waals surface area contributed by atoms with Gasteiger partial charge in [-0.15, -0.1) is 0 Å². The molecule has 0 spiro atoms. The van der Waals surface area contributed by atoms with Gasteiger partial charge in [-0.25, -0.2) is 9.97 Å². The van der Waals surface area contributed by atoms with Gasteiger partial charge in [0.05, 0.1) is 11.4 Å². The first-order valence-corrected chi connectivity index (χ1v) is 21.8. The van der Waals surface area contributed by atoms with Crippen LogP contribution in [0.15, 0.2) is 218 Å². The third-order valence-electron chi connectivity index (χ3n) is 13.3. The van der Waals surface area contributed by atoms with E-state index >= 15 is 0 Å². The molecule has 63 heavy (non-hydrogen) atoms. The van der Waals surface area contributed by atoms with Crippen molar-refractivity contribution in [3.05, 3.63) is 230 Å². The van der Waals surface area contributed by atoms with Crippen LogP contribution in [0.5, 0.6) is 0 Å². The van der Waals surface area contributed by atoms with Crippen LogP contribution in [-0.4, -0.2) is 9.97 Å². The largest absolute Gasteiger partial charge is 0.228 e. The maximum atomic E-state index is 5.33. The summed E-state index contributed by atoms with van der Waals surface area (Å²) in [4.78, 5) is 10.6. The number of fused-ring (bicyclic) bond motifs is 7. The Hall–Kier alpha value is -7.94. The van der Waals surface area contributed by atoms with E-state index in [1.807, 2.05) is 6.07 Å². The first kappa shape index (κ1) is 36.9. The summed E-state index contributed by atoms with van der Waals surface area (Å²) < 4.78 is 0. The van der Waals surface area contributed by atoms with Gasteiger partial charge in [-0.1, -0.05) is 208 Å². The van der Waals surface area contributed by atoms with E-state index in [2.05, 4.69) is 226 Å². The van der Waals surface area contributed by atoms with Crippen molar-refractivity contribution in [1.82, 2.24) is 9.97 Å². The zero-order chi connectivity index (χ0) is 42.1. The topological polar surface area (TPSA) is 25.8 Å². The predicted octanol–water partition coefficient (Wildman–Crippen LogP) is 16.2. The number of nitrogens with zero attached hydrogens (tertiary/aromatic N) is 2. The van der Waals surface area contributed by atoms with Crippen molar-refractivity contribution in [1.29, 1.82) is 0 Å². The molecule has 1 aliphatic carbocycles. The lowest BCUT2D eigenvalue weighted by Crippen LogP contribution is -2.15. The summed E-state index contributed by atoms with van der Waals surface area (Å²) in [7, 11) is 0. The van der Waals surface area contributed by atoms with E-state index in [9.17, 15) is 0 Å². The molecule has 0 saturated heterocycles. The molecular weight excluding hydrogens is 761 g/mol. The van der Waals surface area contributed by atoms with Crippen molar-refractivity contribution >= 4 is 32.3 Å². The van der Waals surface area contributed by atoms with Gasteiger partial charge in [0.1, 0.15) is 0 Å². The van der Waals surface area contributed by atoms with Gasteiger partial charge in [0, 0.05) is 22.1 Å². The Balaban J connectivity index is 0.981. The van der Waals surface area contributed by atoms with Crippen molar-refractivity contribution in [2.75, 3.05) is 0 Å². The molecule has 2 nitrogen and oxygen atoms in total. The highest BCUT2D eigenvalue weighted by Gasteiger charge is 2.37. The second kappa shape index (κ2) is 14.6. The lowest BCUT2D eigenvalue weighted by atomic mass is 9.79. The van der Waals surface area contributed by atoms with E-state index in [0.29, 0.717) is 5.82 Å². The Morgan fingerprint density at radius 1 is 0.302 bits per heavy atom. The van der Waals surface area contributed by atoms with Gasteiger partial charge in [-0.2, -0.15) is 0 Å². The number of hydrogen-bond donors (Lipinski definition) is 0. The zero-order valence-corrected chi connectivity index (χ0v) is 35.2. The van der Waals surface area contributed by atoms with Gasteiger partial charge in [-0.3, -0.25) is 0 Å². The molecule has 1 aromatic heterocycles. The van der Waals surface area contributed by atoms with E-state index in [4.69, 9.17) is 9.97 Å². The van der Waals surface area contributed by atoms with Crippen LogP contribution in [0.4, 0.5) is 0 Å². The Labute approximate surface area is 367 Å². The lowest BCUT2D eigenvalue weighted by molar-refractivity contribution is 0.666. The Morgan fingerprint density at radius 2 is 0.794 bits per heavy atom. The van der Waals surface area contributed by atoms with Gasteiger partial charge in [0.2, 0.25) is 0 Å². The average Bonchev–Trinajstić information content (AvgIpc) is 3.59. The van der Waals surface area contributed by atoms with Gasteiger partial charge >= 0.3 is 0 Å². The van der Waals surface area contributed by atoms with Gasteiger partial charge < -0.3 is 0 Å². The van der Waals surface area contributed by atoms with Crippen molar-refractivity contribution in [3.63, 3.8) is 0 Å². The van der Waals surface area contributed by atoms with Crippen LogP contribution >= 0.6 is 0 Å². The summed E-state index contributed by atoms with van der Waals surface area (Å²) in [5.41, 5.74) is 17.4. The molecule has 296 valence electrons. The number of rotatable bonds is 6. The quantitative estimate of drug-likeness (QED) is 0.167. The molecule has 1 aliphatic rings. The number of aromatic nitrogens is 2. The van der Waals surface area contributed by atoms with Crippen LogP contribution in [0.1, 0.15) is 25.0 Å². The van der Waals surface area contributed by atoms with E-state index in [1.54, 1.807) is 0 Å². The van der Waals surface area contributed by atoms with Crippen molar-refractivity contribution in [3.8, 4) is 78.4 Å². The Morgan fingerprint density at radius 3 is 1.49 bits per heavy atom. The molecule has 12 rings (SSSR count). The number of hydrogen-bond acceptors (Lipinski definition) is 2. The second-order valence-electron chi connectivity index (χ2n) is 17.3. The normalized spacial score (nSPS) is 12.7. The average molecular weight is 803 g/mol. The molecule has 0 radical (unpaired) electrons. The molecular formula is C61H42N2. The molecule has 0 fully saturated rings. The van der Waals surface area contributed by atoms with Gasteiger partial charge in [-0.05, 0) is 112 Å². The fourth-order valence-corrected chi connectivity index (χ4v) is 10.2. The molecule has 0 atom stereocenters. The molecule has 0 amide bonds. The SMILES string of the molecule is CC1(C)c2cc(-c3ccc(-c4ccc(-c5nc(-c6ccccc6)cc(-c6cccc(-c7ccccc7)c6)n5)c5ccccc45)c4ccccc34)ccc2-c2ccc3ccccc3c21. The lowest BCUT2D eigenvalue weighted by Gasteiger charge is -2.24. The van der Waals surface area contributed by atoms with Crippen LogP contribution in [0.3, 0.4) is 0 Å². The predicted molar refractivity (Wildman–Crippen MR) is 265 cm³/mol. The minimum atomic E-state index is -0.130. The minimum absolute atomic E-state index is 0.130. The fraction of sp³-hybridized carbons (Fsp3) is 0.0492. The monoisotopic (exact) mass is 802 g/mol. The summed E-state index contributed by atoms with van der Waals surface area (Å²) in [6, 6.07) is 79.0. The molecule has 0 saturated carbocycles. The smallest absolute Gasteiger partial charge is 0.161 e. The summed E-state index contributed by atoms with van der Waals surface area (Å²) in [6.07, 6.45) is 0. The first-order chi connectivity index (χ1) is 31.0. The Kier molecular flexibility index (Phi) is 8.55.